The smallest absolute Gasteiger partial charge is 0.238 e. The second kappa shape index (κ2) is 5.71. The monoisotopic (exact) mass is 282 g/mol. The maximum Gasteiger partial charge on any atom is 0.238 e. The number of primary sulfonamides is 1. The van der Waals surface area contributed by atoms with E-state index in [9.17, 15) is 13.2 Å². The Kier molecular flexibility index (Phi) is 4.21. The Morgan fingerprint density at radius 1 is 1.26 bits per heavy atom. The zero-order chi connectivity index (χ0) is 13.9. The lowest BCUT2D eigenvalue weighted by atomic mass is 10.1. The summed E-state index contributed by atoms with van der Waals surface area (Å²) in [4.78, 5) is 11.5. The minimum absolute atomic E-state index is 0.123. The van der Waals surface area contributed by atoms with Crippen molar-refractivity contribution < 1.29 is 13.2 Å². The Labute approximate surface area is 113 Å². The first-order valence-electron chi connectivity index (χ1n) is 6.36. The number of benzene rings is 1. The number of sulfonamides is 1. The average Bonchev–Trinajstić information content (AvgIpc) is 3.18. The Morgan fingerprint density at radius 3 is 2.42 bits per heavy atom. The van der Waals surface area contributed by atoms with Crippen molar-refractivity contribution in [3.8, 4) is 0 Å². The van der Waals surface area contributed by atoms with E-state index in [-0.39, 0.29) is 16.7 Å². The molecule has 1 amide bonds. The molecule has 2 rings (SSSR count). The van der Waals surface area contributed by atoms with Gasteiger partial charge in [0.15, 0.2) is 0 Å². The van der Waals surface area contributed by atoms with Crippen molar-refractivity contribution in [2.75, 3.05) is 6.54 Å². The lowest BCUT2D eigenvalue weighted by Crippen LogP contribution is -2.26. The highest BCUT2D eigenvalue weighted by atomic mass is 32.2. The molecule has 1 aromatic rings. The summed E-state index contributed by atoms with van der Waals surface area (Å²) < 4.78 is 22.2. The maximum atomic E-state index is 11.4. The van der Waals surface area contributed by atoms with Crippen LogP contribution in [0.3, 0.4) is 0 Å². The molecule has 0 atom stereocenters. The van der Waals surface area contributed by atoms with Gasteiger partial charge in [0, 0.05) is 12.5 Å². The van der Waals surface area contributed by atoms with E-state index < -0.39 is 10.0 Å². The van der Waals surface area contributed by atoms with Crippen molar-refractivity contribution in [1.29, 1.82) is 0 Å². The minimum atomic E-state index is -3.62. The molecule has 0 heterocycles. The zero-order valence-corrected chi connectivity index (χ0v) is 11.4. The maximum absolute atomic E-state index is 11.4. The van der Waals surface area contributed by atoms with Gasteiger partial charge in [-0.1, -0.05) is 12.1 Å². The predicted molar refractivity (Wildman–Crippen MR) is 71.9 cm³/mol. The summed E-state index contributed by atoms with van der Waals surface area (Å²) in [5, 5.41) is 7.92. The molecule has 0 unspecified atom stereocenters. The number of amides is 1. The molecule has 0 bridgehead atoms. The number of rotatable bonds is 6. The number of hydrogen-bond donors (Lipinski definition) is 2. The van der Waals surface area contributed by atoms with Crippen LogP contribution in [0.5, 0.6) is 0 Å². The molecule has 1 aliphatic rings. The predicted octanol–water partition coefficient (Wildman–Crippen LogP) is 0.793. The Morgan fingerprint density at radius 2 is 1.89 bits per heavy atom. The molecule has 3 N–H and O–H groups in total. The lowest BCUT2D eigenvalue weighted by Gasteiger charge is -2.05. The van der Waals surface area contributed by atoms with Crippen LogP contribution in [0.4, 0.5) is 0 Å². The molecular formula is C13H18N2O3S. The van der Waals surface area contributed by atoms with Crippen LogP contribution < -0.4 is 10.5 Å². The van der Waals surface area contributed by atoms with Gasteiger partial charge in [-0.05, 0) is 43.4 Å². The number of aryl methyl sites for hydroxylation is 1. The fraction of sp³-hybridized carbons (Fsp3) is 0.462. The highest BCUT2D eigenvalue weighted by Gasteiger charge is 2.28. The molecular weight excluding hydrogens is 264 g/mol. The van der Waals surface area contributed by atoms with Gasteiger partial charge in [-0.2, -0.15) is 0 Å². The third-order valence-electron chi connectivity index (χ3n) is 3.14. The van der Waals surface area contributed by atoms with Crippen LogP contribution in [0.25, 0.3) is 0 Å². The molecule has 0 saturated heterocycles. The Hall–Kier alpha value is -1.40. The molecule has 19 heavy (non-hydrogen) atoms. The van der Waals surface area contributed by atoms with Gasteiger partial charge < -0.3 is 5.32 Å². The SMILES string of the molecule is NS(=O)(=O)c1ccc(CCCNC(=O)C2CC2)cc1. The van der Waals surface area contributed by atoms with Crippen LogP contribution in [-0.2, 0) is 21.2 Å². The van der Waals surface area contributed by atoms with Crippen LogP contribution in [0.1, 0.15) is 24.8 Å². The summed E-state index contributed by atoms with van der Waals surface area (Å²) in [5.41, 5.74) is 1.04. The van der Waals surface area contributed by atoms with E-state index in [1.807, 2.05) is 0 Å². The highest BCUT2D eigenvalue weighted by molar-refractivity contribution is 7.89. The molecule has 0 aromatic heterocycles. The van der Waals surface area contributed by atoms with Crippen molar-refractivity contribution >= 4 is 15.9 Å². The first kappa shape index (κ1) is 14.0. The van der Waals surface area contributed by atoms with Crippen LogP contribution >= 0.6 is 0 Å². The van der Waals surface area contributed by atoms with Gasteiger partial charge in [-0.25, -0.2) is 13.6 Å². The van der Waals surface area contributed by atoms with Crippen molar-refractivity contribution in [3.63, 3.8) is 0 Å². The fourth-order valence-corrected chi connectivity index (χ4v) is 2.36. The third kappa shape index (κ3) is 4.33. The molecule has 5 nitrogen and oxygen atoms in total. The first-order chi connectivity index (χ1) is 8.97. The lowest BCUT2D eigenvalue weighted by molar-refractivity contribution is -0.122. The standard InChI is InChI=1S/C13H18N2O3S/c14-19(17,18)12-7-3-10(4-8-12)2-1-9-15-13(16)11-5-6-11/h3-4,7-8,11H,1-2,5-6,9H2,(H,15,16)(H2,14,17,18). The first-order valence-corrected chi connectivity index (χ1v) is 7.91. The summed E-state index contributed by atoms with van der Waals surface area (Å²) in [7, 11) is -3.62. The molecule has 1 aromatic carbocycles. The zero-order valence-electron chi connectivity index (χ0n) is 10.6. The van der Waals surface area contributed by atoms with E-state index in [0.29, 0.717) is 6.54 Å². The summed E-state index contributed by atoms with van der Waals surface area (Å²) >= 11 is 0. The quantitative estimate of drug-likeness (QED) is 0.756. The molecule has 1 fully saturated rings. The second-order valence-electron chi connectivity index (χ2n) is 4.86. The summed E-state index contributed by atoms with van der Waals surface area (Å²) in [6, 6.07) is 6.52. The van der Waals surface area contributed by atoms with Gasteiger partial charge in [-0.15, -0.1) is 0 Å². The van der Waals surface area contributed by atoms with Crippen molar-refractivity contribution in [3.05, 3.63) is 29.8 Å². The van der Waals surface area contributed by atoms with Gasteiger partial charge in [-0.3, -0.25) is 4.79 Å². The van der Waals surface area contributed by atoms with E-state index in [1.54, 1.807) is 12.1 Å². The van der Waals surface area contributed by atoms with Gasteiger partial charge in [0.1, 0.15) is 0 Å². The van der Waals surface area contributed by atoms with E-state index in [2.05, 4.69) is 5.32 Å². The van der Waals surface area contributed by atoms with E-state index in [1.165, 1.54) is 12.1 Å². The summed E-state index contributed by atoms with van der Waals surface area (Å²) in [5.74, 6) is 0.401. The van der Waals surface area contributed by atoms with Gasteiger partial charge in [0.2, 0.25) is 15.9 Å². The molecule has 0 aliphatic heterocycles. The number of hydrogen-bond acceptors (Lipinski definition) is 3. The summed E-state index contributed by atoms with van der Waals surface area (Å²) in [6.45, 7) is 0.659. The van der Waals surface area contributed by atoms with E-state index in [0.717, 1.165) is 31.2 Å². The van der Waals surface area contributed by atoms with E-state index >= 15 is 0 Å². The van der Waals surface area contributed by atoms with Gasteiger partial charge in [0.25, 0.3) is 0 Å². The van der Waals surface area contributed by atoms with Crippen LogP contribution in [0.2, 0.25) is 0 Å². The largest absolute Gasteiger partial charge is 0.356 e. The fourth-order valence-electron chi connectivity index (χ4n) is 1.84. The molecule has 1 aliphatic carbocycles. The number of nitrogens with one attached hydrogen (secondary N) is 1. The van der Waals surface area contributed by atoms with Crippen molar-refractivity contribution in [1.82, 2.24) is 5.32 Å². The van der Waals surface area contributed by atoms with Crippen LogP contribution in [0.15, 0.2) is 29.2 Å². The van der Waals surface area contributed by atoms with Crippen LogP contribution in [0, 0.1) is 5.92 Å². The second-order valence-corrected chi connectivity index (χ2v) is 6.42. The minimum Gasteiger partial charge on any atom is -0.356 e. The molecule has 0 spiro atoms. The number of carbonyl (C=O) groups excluding carboxylic acids is 1. The average molecular weight is 282 g/mol. The molecule has 104 valence electrons. The van der Waals surface area contributed by atoms with Crippen molar-refractivity contribution in [2.45, 2.75) is 30.6 Å². The third-order valence-corrected chi connectivity index (χ3v) is 4.07. The highest BCUT2D eigenvalue weighted by Crippen LogP contribution is 2.28. The van der Waals surface area contributed by atoms with E-state index in [4.69, 9.17) is 5.14 Å². The number of nitrogens with two attached hydrogens (primary N) is 1. The van der Waals surface area contributed by atoms with Gasteiger partial charge in [0.05, 0.1) is 4.90 Å². The van der Waals surface area contributed by atoms with Crippen LogP contribution in [-0.4, -0.2) is 20.9 Å². The molecule has 6 heteroatoms. The van der Waals surface area contributed by atoms with Crippen molar-refractivity contribution in [2.24, 2.45) is 11.1 Å². The van der Waals surface area contributed by atoms with Gasteiger partial charge >= 0.3 is 0 Å². The molecule has 1 saturated carbocycles. The Bertz CT molecular complexity index is 548. The normalized spacial score (nSPS) is 15.2. The molecule has 0 radical (unpaired) electrons. The number of carbonyl (C=O) groups is 1. The Balaban J connectivity index is 1.75. The topological polar surface area (TPSA) is 89.3 Å². The summed E-state index contributed by atoms with van der Waals surface area (Å²) in [6.07, 6.45) is 3.67.